The van der Waals surface area contributed by atoms with Crippen LogP contribution >= 0.6 is 0 Å². The number of carbonyl (C=O) groups is 1. The molecule has 1 aliphatic heterocycles. The highest BCUT2D eigenvalue weighted by molar-refractivity contribution is 5.74. The molecule has 0 radical (unpaired) electrons. The zero-order valence-corrected chi connectivity index (χ0v) is 15.0. The van der Waals surface area contributed by atoms with E-state index in [1.807, 2.05) is 65.6 Å². The Balaban J connectivity index is 1.29. The van der Waals surface area contributed by atoms with Crippen LogP contribution in [0.2, 0.25) is 0 Å². The van der Waals surface area contributed by atoms with E-state index in [-0.39, 0.29) is 12.1 Å². The van der Waals surface area contributed by atoms with Crippen LogP contribution < -0.4 is 10.1 Å². The van der Waals surface area contributed by atoms with Crippen LogP contribution in [0.5, 0.6) is 5.75 Å². The number of amides is 2. The van der Waals surface area contributed by atoms with Crippen LogP contribution in [-0.2, 0) is 11.3 Å². The Morgan fingerprint density at radius 3 is 2.31 bits per heavy atom. The van der Waals surface area contributed by atoms with Gasteiger partial charge in [-0.3, -0.25) is 0 Å². The fraction of sp³-hybridized carbons (Fsp3) is 0.381. The zero-order chi connectivity index (χ0) is 18.0. The molecule has 1 saturated heterocycles. The molecule has 138 valence electrons. The minimum absolute atomic E-state index is 0.000265. The summed E-state index contributed by atoms with van der Waals surface area (Å²) in [6.07, 6.45) is 1.93. The molecule has 0 saturated carbocycles. The van der Waals surface area contributed by atoms with Gasteiger partial charge in [0, 0.05) is 19.6 Å². The van der Waals surface area contributed by atoms with Crippen molar-refractivity contribution in [2.24, 2.45) is 0 Å². The number of likely N-dealkylation sites (tertiary alicyclic amines) is 1. The number of hydrogen-bond acceptors (Lipinski definition) is 3. The van der Waals surface area contributed by atoms with E-state index in [1.165, 1.54) is 0 Å². The number of carbonyl (C=O) groups excluding carboxylic acids is 1. The number of hydrogen-bond donors (Lipinski definition) is 1. The van der Waals surface area contributed by atoms with Crippen molar-refractivity contribution in [2.75, 3.05) is 26.3 Å². The van der Waals surface area contributed by atoms with Gasteiger partial charge < -0.3 is 19.7 Å². The average Bonchev–Trinajstić information content (AvgIpc) is 2.71. The maximum atomic E-state index is 12.2. The van der Waals surface area contributed by atoms with Crippen molar-refractivity contribution in [3.05, 3.63) is 66.2 Å². The number of benzene rings is 2. The first-order valence-electron chi connectivity index (χ1n) is 9.17. The van der Waals surface area contributed by atoms with E-state index in [2.05, 4.69) is 5.32 Å². The van der Waals surface area contributed by atoms with E-state index in [0.29, 0.717) is 19.8 Å². The van der Waals surface area contributed by atoms with Crippen molar-refractivity contribution in [3.63, 3.8) is 0 Å². The van der Waals surface area contributed by atoms with E-state index in [1.54, 1.807) is 0 Å². The Morgan fingerprint density at radius 2 is 1.62 bits per heavy atom. The summed E-state index contributed by atoms with van der Waals surface area (Å²) in [5.41, 5.74) is 1.11. The van der Waals surface area contributed by atoms with Crippen LogP contribution in [0.25, 0.3) is 0 Å². The lowest BCUT2D eigenvalue weighted by molar-refractivity contribution is 0.00186. The van der Waals surface area contributed by atoms with Gasteiger partial charge in [0.05, 0.1) is 12.7 Å². The number of piperidine rings is 1. The number of nitrogens with one attached hydrogen (secondary N) is 1. The van der Waals surface area contributed by atoms with Crippen molar-refractivity contribution in [2.45, 2.75) is 25.5 Å². The molecule has 0 aromatic heterocycles. The van der Waals surface area contributed by atoms with Gasteiger partial charge in [-0.15, -0.1) is 0 Å². The topological polar surface area (TPSA) is 50.8 Å². The fourth-order valence-electron chi connectivity index (χ4n) is 3.00. The number of nitrogens with zero attached hydrogens (tertiary/aromatic N) is 1. The molecule has 5 nitrogen and oxygen atoms in total. The van der Waals surface area contributed by atoms with E-state index >= 15 is 0 Å². The smallest absolute Gasteiger partial charge is 0.317 e. The van der Waals surface area contributed by atoms with Gasteiger partial charge in [0.25, 0.3) is 0 Å². The molecule has 5 heteroatoms. The third-order valence-corrected chi connectivity index (χ3v) is 4.46. The number of urea groups is 1. The van der Waals surface area contributed by atoms with Crippen molar-refractivity contribution in [1.82, 2.24) is 10.2 Å². The van der Waals surface area contributed by atoms with Gasteiger partial charge in [-0.2, -0.15) is 0 Å². The van der Waals surface area contributed by atoms with Crippen LogP contribution in [0.1, 0.15) is 18.4 Å². The first kappa shape index (κ1) is 18.3. The number of ether oxygens (including phenoxy) is 2. The molecule has 0 atom stereocenters. The van der Waals surface area contributed by atoms with Crippen LogP contribution in [0.15, 0.2) is 60.7 Å². The Hall–Kier alpha value is -2.53. The second-order valence-electron chi connectivity index (χ2n) is 6.36. The molecule has 0 bridgehead atoms. The molecule has 3 rings (SSSR count). The quantitative estimate of drug-likeness (QED) is 0.775. The molecule has 1 N–H and O–H groups in total. The van der Waals surface area contributed by atoms with E-state index in [9.17, 15) is 4.79 Å². The lowest BCUT2D eigenvalue weighted by atomic mass is 10.1. The van der Waals surface area contributed by atoms with Gasteiger partial charge in [-0.1, -0.05) is 48.5 Å². The SMILES string of the molecule is O=C(NCc1ccccc1)N1CCC(OCCOc2ccccc2)CC1. The van der Waals surface area contributed by atoms with Crippen molar-refractivity contribution in [3.8, 4) is 5.75 Å². The maximum Gasteiger partial charge on any atom is 0.317 e. The molecular formula is C21H26N2O3. The third kappa shape index (κ3) is 5.77. The van der Waals surface area contributed by atoms with Gasteiger partial charge in [-0.05, 0) is 30.5 Å². The summed E-state index contributed by atoms with van der Waals surface area (Å²) in [5.74, 6) is 0.862. The zero-order valence-electron chi connectivity index (χ0n) is 15.0. The van der Waals surface area contributed by atoms with Crippen molar-refractivity contribution < 1.29 is 14.3 Å². The lowest BCUT2D eigenvalue weighted by Crippen LogP contribution is -2.45. The summed E-state index contributed by atoms with van der Waals surface area (Å²) in [6, 6.07) is 19.7. The lowest BCUT2D eigenvalue weighted by Gasteiger charge is -2.32. The summed E-state index contributed by atoms with van der Waals surface area (Å²) in [4.78, 5) is 14.1. The molecule has 2 aromatic carbocycles. The molecule has 1 aliphatic rings. The largest absolute Gasteiger partial charge is 0.491 e. The summed E-state index contributed by atoms with van der Waals surface area (Å²) in [6.45, 7) is 3.13. The molecule has 1 heterocycles. The Kier molecular flexibility index (Phi) is 6.90. The molecule has 2 amide bonds. The van der Waals surface area contributed by atoms with Gasteiger partial charge in [0.2, 0.25) is 0 Å². The van der Waals surface area contributed by atoms with E-state index in [0.717, 1.165) is 37.2 Å². The molecule has 1 fully saturated rings. The Bertz CT molecular complexity index is 655. The monoisotopic (exact) mass is 354 g/mol. The summed E-state index contributed by atoms with van der Waals surface area (Å²) in [5, 5.41) is 2.98. The van der Waals surface area contributed by atoms with Crippen molar-refractivity contribution in [1.29, 1.82) is 0 Å². The molecular weight excluding hydrogens is 328 g/mol. The minimum Gasteiger partial charge on any atom is -0.491 e. The van der Waals surface area contributed by atoms with Crippen molar-refractivity contribution >= 4 is 6.03 Å². The summed E-state index contributed by atoms with van der Waals surface area (Å²) in [7, 11) is 0. The van der Waals surface area contributed by atoms with Gasteiger partial charge in [-0.25, -0.2) is 4.79 Å². The first-order chi connectivity index (χ1) is 12.8. The molecule has 0 aliphatic carbocycles. The maximum absolute atomic E-state index is 12.2. The van der Waals surface area contributed by atoms with E-state index in [4.69, 9.17) is 9.47 Å². The number of para-hydroxylation sites is 1. The highest BCUT2D eigenvalue weighted by Gasteiger charge is 2.22. The minimum atomic E-state index is -0.000265. The third-order valence-electron chi connectivity index (χ3n) is 4.46. The fourth-order valence-corrected chi connectivity index (χ4v) is 3.00. The highest BCUT2D eigenvalue weighted by atomic mass is 16.5. The average molecular weight is 354 g/mol. The summed E-state index contributed by atoms with van der Waals surface area (Å²) < 4.78 is 11.5. The Labute approximate surface area is 154 Å². The molecule has 2 aromatic rings. The highest BCUT2D eigenvalue weighted by Crippen LogP contribution is 2.14. The van der Waals surface area contributed by atoms with E-state index < -0.39 is 0 Å². The molecule has 26 heavy (non-hydrogen) atoms. The first-order valence-corrected chi connectivity index (χ1v) is 9.17. The van der Waals surface area contributed by atoms with Crippen LogP contribution in [-0.4, -0.2) is 43.3 Å². The summed E-state index contributed by atoms with van der Waals surface area (Å²) >= 11 is 0. The normalized spacial score (nSPS) is 14.8. The molecule has 0 unspecified atom stereocenters. The van der Waals surface area contributed by atoms with Crippen LogP contribution in [0.3, 0.4) is 0 Å². The number of rotatable bonds is 7. The predicted molar refractivity (Wildman–Crippen MR) is 101 cm³/mol. The van der Waals surface area contributed by atoms with Gasteiger partial charge in [0.15, 0.2) is 0 Å². The predicted octanol–water partition coefficient (Wildman–Crippen LogP) is 3.46. The second kappa shape index (κ2) is 9.82. The van der Waals surface area contributed by atoms with Crippen LogP contribution in [0, 0.1) is 0 Å². The standard InChI is InChI=1S/C21H26N2O3/c24-21(22-17-18-7-3-1-4-8-18)23-13-11-20(12-14-23)26-16-15-25-19-9-5-2-6-10-19/h1-10,20H,11-17H2,(H,22,24). The van der Waals surface area contributed by atoms with Crippen LogP contribution in [0.4, 0.5) is 4.79 Å². The van der Waals surface area contributed by atoms with Gasteiger partial charge >= 0.3 is 6.03 Å². The molecule has 0 spiro atoms. The second-order valence-corrected chi connectivity index (χ2v) is 6.36. The van der Waals surface area contributed by atoms with Gasteiger partial charge in [0.1, 0.15) is 12.4 Å². The Morgan fingerprint density at radius 1 is 0.962 bits per heavy atom.